The van der Waals surface area contributed by atoms with E-state index in [1.165, 1.54) is 19.3 Å². The molecule has 5 rings (SSSR count). The molecular weight excluding hydrogens is 416 g/mol. The third-order valence-electron chi connectivity index (χ3n) is 9.72. The van der Waals surface area contributed by atoms with E-state index in [9.17, 15) is 9.59 Å². The fraction of sp³-hybridized carbons (Fsp3) is 0.593. The molecule has 0 unspecified atom stereocenters. The SMILES string of the molecule is CN1C(=O)C=C[C@]2(C)[C@H]3CC[C@]4(C)[C@@H](C(=S)NC(=O)c5ccccc5)CC[C@H]4[C@@H]3CC[C@@H]12. The summed E-state index contributed by atoms with van der Waals surface area (Å²) in [7, 11) is 1.97. The van der Waals surface area contributed by atoms with Crippen LogP contribution in [0.2, 0.25) is 0 Å². The van der Waals surface area contributed by atoms with E-state index in [0.717, 1.165) is 24.3 Å². The second-order valence-corrected chi connectivity index (χ2v) is 11.4. The fourth-order valence-corrected chi connectivity index (χ4v) is 8.51. The van der Waals surface area contributed by atoms with Crippen molar-refractivity contribution in [1.82, 2.24) is 10.2 Å². The first kappa shape index (κ1) is 21.8. The average molecular weight is 451 g/mol. The molecule has 1 aromatic rings. The number of carbonyl (C=O) groups excluding carboxylic acids is 2. The molecule has 0 radical (unpaired) electrons. The van der Waals surface area contributed by atoms with E-state index in [2.05, 4.69) is 25.2 Å². The maximum Gasteiger partial charge on any atom is 0.256 e. The average Bonchev–Trinajstić information content (AvgIpc) is 3.14. The van der Waals surface area contributed by atoms with Crippen LogP contribution in [0.15, 0.2) is 42.5 Å². The third kappa shape index (κ3) is 3.19. The van der Waals surface area contributed by atoms with Gasteiger partial charge in [-0.1, -0.05) is 50.3 Å². The van der Waals surface area contributed by atoms with Crippen LogP contribution >= 0.6 is 12.2 Å². The number of thiocarbonyl (C=S) groups is 1. The number of hydrogen-bond acceptors (Lipinski definition) is 3. The van der Waals surface area contributed by atoms with Gasteiger partial charge in [-0.3, -0.25) is 9.59 Å². The minimum absolute atomic E-state index is 0.0625. The van der Waals surface area contributed by atoms with Gasteiger partial charge in [0.2, 0.25) is 5.91 Å². The first-order valence-corrected chi connectivity index (χ1v) is 12.5. The van der Waals surface area contributed by atoms with E-state index in [0.29, 0.717) is 29.4 Å². The smallest absolute Gasteiger partial charge is 0.256 e. The Balaban J connectivity index is 1.35. The Bertz CT molecular complexity index is 975. The summed E-state index contributed by atoms with van der Waals surface area (Å²) in [5, 5.41) is 3.07. The highest BCUT2D eigenvalue weighted by molar-refractivity contribution is 7.80. The van der Waals surface area contributed by atoms with Crippen LogP contribution in [0.4, 0.5) is 0 Å². The molecule has 0 aromatic heterocycles. The van der Waals surface area contributed by atoms with Gasteiger partial charge in [-0.25, -0.2) is 0 Å². The van der Waals surface area contributed by atoms with Crippen LogP contribution in [0.25, 0.3) is 0 Å². The van der Waals surface area contributed by atoms with Gasteiger partial charge in [0.15, 0.2) is 0 Å². The Labute approximate surface area is 196 Å². The van der Waals surface area contributed by atoms with Gasteiger partial charge in [0.25, 0.3) is 5.91 Å². The molecule has 5 heteroatoms. The van der Waals surface area contributed by atoms with E-state index in [1.54, 1.807) is 6.08 Å². The van der Waals surface area contributed by atoms with Crippen molar-refractivity contribution in [3.05, 3.63) is 48.0 Å². The number of amides is 2. The second kappa shape index (κ2) is 7.79. The van der Waals surface area contributed by atoms with Gasteiger partial charge in [-0.05, 0) is 79.9 Å². The predicted octanol–water partition coefficient (Wildman–Crippen LogP) is 5.00. The molecule has 170 valence electrons. The molecule has 3 saturated carbocycles. The monoisotopic (exact) mass is 450 g/mol. The zero-order valence-electron chi connectivity index (χ0n) is 19.3. The summed E-state index contributed by atoms with van der Waals surface area (Å²) < 4.78 is 0. The zero-order chi connectivity index (χ0) is 22.7. The van der Waals surface area contributed by atoms with E-state index in [1.807, 2.05) is 42.3 Å². The van der Waals surface area contributed by atoms with Crippen molar-refractivity contribution in [2.45, 2.75) is 58.4 Å². The molecule has 3 fully saturated rings. The van der Waals surface area contributed by atoms with Crippen molar-refractivity contribution in [2.75, 3.05) is 7.05 Å². The Morgan fingerprint density at radius 1 is 1.06 bits per heavy atom. The summed E-state index contributed by atoms with van der Waals surface area (Å²) in [5.74, 6) is 2.22. The zero-order valence-corrected chi connectivity index (χ0v) is 20.2. The lowest BCUT2D eigenvalue weighted by molar-refractivity contribution is -0.138. The summed E-state index contributed by atoms with van der Waals surface area (Å²) in [5.41, 5.74) is 0.866. The molecule has 2 amide bonds. The highest BCUT2D eigenvalue weighted by Crippen LogP contribution is 2.65. The van der Waals surface area contributed by atoms with E-state index >= 15 is 0 Å². The van der Waals surface area contributed by atoms with E-state index in [4.69, 9.17) is 12.2 Å². The molecule has 4 nitrogen and oxygen atoms in total. The molecule has 3 aliphatic carbocycles. The van der Waals surface area contributed by atoms with E-state index in [-0.39, 0.29) is 28.6 Å². The second-order valence-electron chi connectivity index (χ2n) is 11.0. The van der Waals surface area contributed by atoms with Gasteiger partial charge >= 0.3 is 0 Å². The molecule has 1 N–H and O–H groups in total. The number of likely N-dealkylation sites (N-methyl/N-ethyl adjacent to an activating group) is 1. The van der Waals surface area contributed by atoms with Crippen molar-refractivity contribution in [3.8, 4) is 0 Å². The Kier molecular flexibility index (Phi) is 5.31. The highest BCUT2D eigenvalue weighted by atomic mass is 32.1. The molecule has 0 spiro atoms. The molecule has 1 aliphatic heterocycles. The number of nitrogens with one attached hydrogen (secondary N) is 1. The molecule has 4 aliphatic rings. The lowest BCUT2D eigenvalue weighted by Gasteiger charge is -2.60. The van der Waals surface area contributed by atoms with Crippen LogP contribution in [-0.4, -0.2) is 34.8 Å². The highest BCUT2D eigenvalue weighted by Gasteiger charge is 2.60. The van der Waals surface area contributed by atoms with Crippen LogP contribution in [0.1, 0.15) is 62.7 Å². The molecular formula is C27H34N2O2S. The van der Waals surface area contributed by atoms with Crippen LogP contribution in [0, 0.1) is 34.5 Å². The topological polar surface area (TPSA) is 49.4 Å². The van der Waals surface area contributed by atoms with Gasteiger partial charge in [-0.2, -0.15) is 0 Å². The third-order valence-corrected chi connectivity index (χ3v) is 10.1. The Hall–Kier alpha value is -2.01. The largest absolute Gasteiger partial charge is 0.338 e. The maximum absolute atomic E-state index is 12.7. The Morgan fingerprint density at radius 2 is 1.81 bits per heavy atom. The summed E-state index contributed by atoms with van der Waals surface area (Å²) in [6.07, 6.45) is 10.9. The maximum atomic E-state index is 12.7. The molecule has 1 aromatic carbocycles. The number of fused-ring (bicyclic) bond motifs is 5. The van der Waals surface area contributed by atoms with Crippen molar-refractivity contribution in [3.63, 3.8) is 0 Å². The quantitative estimate of drug-likeness (QED) is 0.645. The summed E-state index contributed by atoms with van der Waals surface area (Å²) in [4.78, 5) is 27.7. The van der Waals surface area contributed by atoms with Gasteiger partial charge in [0.1, 0.15) is 0 Å². The summed E-state index contributed by atoms with van der Waals surface area (Å²) in [6, 6.07) is 9.67. The fourth-order valence-electron chi connectivity index (χ4n) is 8.03. The van der Waals surface area contributed by atoms with E-state index < -0.39 is 0 Å². The first-order valence-electron chi connectivity index (χ1n) is 12.1. The first-order chi connectivity index (χ1) is 15.3. The van der Waals surface area contributed by atoms with Crippen LogP contribution in [0.5, 0.6) is 0 Å². The van der Waals surface area contributed by atoms with Crippen molar-refractivity contribution in [2.24, 2.45) is 34.5 Å². The lowest BCUT2D eigenvalue weighted by Crippen LogP contribution is -2.59. The van der Waals surface area contributed by atoms with Gasteiger partial charge in [-0.15, -0.1) is 0 Å². The molecule has 0 saturated heterocycles. The molecule has 0 bridgehead atoms. The number of hydrogen-bond donors (Lipinski definition) is 1. The minimum Gasteiger partial charge on any atom is -0.338 e. The summed E-state index contributed by atoms with van der Waals surface area (Å²) >= 11 is 5.83. The van der Waals surface area contributed by atoms with Crippen LogP contribution < -0.4 is 5.32 Å². The molecule has 1 heterocycles. The van der Waals surface area contributed by atoms with Crippen LogP contribution in [0.3, 0.4) is 0 Å². The molecule has 32 heavy (non-hydrogen) atoms. The Morgan fingerprint density at radius 3 is 2.56 bits per heavy atom. The van der Waals surface area contributed by atoms with Crippen molar-refractivity contribution < 1.29 is 9.59 Å². The number of nitrogens with zero attached hydrogens (tertiary/aromatic N) is 1. The van der Waals surface area contributed by atoms with Crippen molar-refractivity contribution in [1.29, 1.82) is 0 Å². The lowest BCUT2D eigenvalue weighted by atomic mass is 9.47. The van der Waals surface area contributed by atoms with Gasteiger partial charge in [0, 0.05) is 30.0 Å². The minimum atomic E-state index is -0.0931. The van der Waals surface area contributed by atoms with Gasteiger partial charge < -0.3 is 10.2 Å². The van der Waals surface area contributed by atoms with Gasteiger partial charge in [0.05, 0.1) is 4.99 Å². The standard InChI is InChI=1S/C27H34N2O2S/c1-26-15-13-20-18(9-12-22-27(20,2)16-14-23(30)29(22)3)19(26)10-11-21(26)25(32)28-24(31)17-7-5-4-6-8-17/h4-8,14,16,18-22H,9-13,15H2,1-3H3,(H,28,31,32)/t18-,19-,20-,21+,22+,26-,27+/m0/s1. The normalized spacial score (nSPS) is 40.3. The predicted molar refractivity (Wildman–Crippen MR) is 130 cm³/mol. The number of carbonyl (C=O) groups is 2. The molecule has 7 atom stereocenters. The van der Waals surface area contributed by atoms with Crippen molar-refractivity contribution >= 4 is 29.0 Å². The number of rotatable bonds is 2. The summed E-state index contributed by atoms with van der Waals surface area (Å²) in [6.45, 7) is 4.81. The number of benzene rings is 1. The van der Waals surface area contributed by atoms with Crippen LogP contribution in [-0.2, 0) is 4.79 Å².